The second kappa shape index (κ2) is 4.75. The SMILES string of the molecule is Cc1c(CC(=O)O)cc(C(F)(F)F)cc1C(F)(F)F. The molecule has 0 unspecified atom stereocenters. The highest BCUT2D eigenvalue weighted by Gasteiger charge is 2.38. The predicted octanol–water partition coefficient (Wildman–Crippen LogP) is 3.66. The molecule has 0 spiro atoms. The minimum absolute atomic E-state index is 0.0132. The summed E-state index contributed by atoms with van der Waals surface area (Å²) in [6.07, 6.45) is -10.8. The molecule has 0 radical (unpaired) electrons. The van der Waals surface area contributed by atoms with E-state index in [9.17, 15) is 31.1 Å². The van der Waals surface area contributed by atoms with E-state index in [0.717, 1.165) is 6.92 Å². The molecule has 0 aliphatic carbocycles. The smallest absolute Gasteiger partial charge is 0.416 e. The summed E-state index contributed by atoms with van der Waals surface area (Å²) in [6.45, 7) is 0.946. The second-order valence-electron chi connectivity index (χ2n) is 3.87. The molecule has 0 aliphatic heterocycles. The third-order valence-corrected chi connectivity index (χ3v) is 2.49. The van der Waals surface area contributed by atoms with Crippen molar-refractivity contribution in [3.63, 3.8) is 0 Å². The van der Waals surface area contributed by atoms with E-state index >= 15 is 0 Å². The standard InChI is InChI=1S/C11H8F6O2/c1-5-6(3-9(18)19)2-7(10(12,13)14)4-8(5)11(15,16)17/h2,4H,3H2,1H3,(H,18,19). The number of carboxylic acids is 1. The van der Waals surface area contributed by atoms with Crippen LogP contribution in [0.3, 0.4) is 0 Å². The lowest BCUT2D eigenvalue weighted by molar-refractivity contribution is -0.144. The minimum atomic E-state index is -4.97. The fraction of sp³-hybridized carbons (Fsp3) is 0.364. The van der Waals surface area contributed by atoms with Crippen molar-refractivity contribution >= 4 is 5.97 Å². The van der Waals surface area contributed by atoms with Gasteiger partial charge in [-0.1, -0.05) is 0 Å². The lowest BCUT2D eigenvalue weighted by Crippen LogP contribution is -2.15. The Bertz CT molecular complexity index is 501. The highest BCUT2D eigenvalue weighted by atomic mass is 19.4. The number of halogens is 6. The molecule has 0 aliphatic rings. The van der Waals surface area contributed by atoms with Crippen LogP contribution in [0, 0.1) is 6.92 Å². The van der Waals surface area contributed by atoms with Gasteiger partial charge in [0.1, 0.15) is 0 Å². The van der Waals surface area contributed by atoms with Crippen LogP contribution in [0.5, 0.6) is 0 Å². The number of aliphatic carboxylic acids is 1. The van der Waals surface area contributed by atoms with Gasteiger partial charge in [-0.15, -0.1) is 0 Å². The average Bonchev–Trinajstić information content (AvgIpc) is 2.16. The van der Waals surface area contributed by atoms with Gasteiger partial charge in [-0.3, -0.25) is 4.79 Å². The molecule has 2 nitrogen and oxygen atoms in total. The molecule has 19 heavy (non-hydrogen) atoms. The third-order valence-electron chi connectivity index (χ3n) is 2.49. The molecule has 0 amide bonds. The molecule has 106 valence electrons. The van der Waals surface area contributed by atoms with Gasteiger partial charge in [0.25, 0.3) is 0 Å². The zero-order valence-corrected chi connectivity index (χ0v) is 9.49. The van der Waals surface area contributed by atoms with Crippen molar-refractivity contribution in [3.05, 3.63) is 34.4 Å². The Labute approximate surface area is 103 Å². The summed E-state index contributed by atoms with van der Waals surface area (Å²) < 4.78 is 75.3. The van der Waals surface area contributed by atoms with Gasteiger partial charge < -0.3 is 5.11 Å². The van der Waals surface area contributed by atoms with Crippen molar-refractivity contribution in [2.75, 3.05) is 0 Å². The van der Waals surface area contributed by atoms with Gasteiger partial charge in [-0.05, 0) is 30.2 Å². The summed E-state index contributed by atoms with van der Waals surface area (Å²) in [7, 11) is 0. The van der Waals surface area contributed by atoms with E-state index < -0.39 is 47.0 Å². The van der Waals surface area contributed by atoms with Gasteiger partial charge in [0.05, 0.1) is 17.5 Å². The predicted molar refractivity (Wildman–Crippen MR) is 52.5 cm³/mol. The van der Waals surface area contributed by atoms with Gasteiger partial charge in [0, 0.05) is 0 Å². The fourth-order valence-electron chi connectivity index (χ4n) is 1.58. The van der Waals surface area contributed by atoms with E-state index in [0.29, 0.717) is 6.07 Å². The van der Waals surface area contributed by atoms with Crippen LogP contribution in [0.4, 0.5) is 26.3 Å². The topological polar surface area (TPSA) is 37.3 Å². The Kier molecular flexibility index (Phi) is 3.83. The van der Waals surface area contributed by atoms with E-state index in [1.807, 2.05) is 0 Å². The van der Waals surface area contributed by atoms with E-state index in [1.165, 1.54) is 0 Å². The normalized spacial score (nSPS) is 12.6. The molecular weight excluding hydrogens is 278 g/mol. The molecule has 8 heteroatoms. The molecule has 0 saturated heterocycles. The van der Waals surface area contributed by atoms with Crippen LogP contribution < -0.4 is 0 Å². The molecule has 0 heterocycles. The quantitative estimate of drug-likeness (QED) is 0.842. The molecule has 1 aromatic carbocycles. The van der Waals surface area contributed by atoms with Gasteiger partial charge in [0.15, 0.2) is 0 Å². The molecule has 1 aromatic rings. The molecule has 1 N–H and O–H groups in total. The van der Waals surface area contributed by atoms with Crippen LogP contribution in [-0.2, 0) is 23.6 Å². The van der Waals surface area contributed by atoms with Crippen molar-refractivity contribution < 1.29 is 36.2 Å². The molecular formula is C11H8F6O2. The molecule has 0 bridgehead atoms. The van der Waals surface area contributed by atoms with Crippen LogP contribution in [0.25, 0.3) is 0 Å². The van der Waals surface area contributed by atoms with Crippen LogP contribution in [0.1, 0.15) is 22.3 Å². The zero-order chi connectivity index (χ0) is 15.0. The number of carboxylic acid groups (broad SMARTS) is 1. The first kappa shape index (κ1) is 15.3. The van der Waals surface area contributed by atoms with E-state index in [-0.39, 0.29) is 6.07 Å². The van der Waals surface area contributed by atoms with Gasteiger partial charge >= 0.3 is 18.3 Å². The number of hydrogen-bond donors (Lipinski definition) is 1. The number of carbonyl (C=O) groups is 1. The van der Waals surface area contributed by atoms with Crippen molar-refractivity contribution in [1.29, 1.82) is 0 Å². The maximum Gasteiger partial charge on any atom is 0.416 e. The summed E-state index contributed by atoms with van der Waals surface area (Å²) in [5, 5.41) is 8.52. The number of rotatable bonds is 2. The van der Waals surface area contributed by atoms with E-state index in [2.05, 4.69) is 0 Å². The summed E-state index contributed by atoms with van der Waals surface area (Å²) in [6, 6.07) is 0.416. The summed E-state index contributed by atoms with van der Waals surface area (Å²) in [4.78, 5) is 10.5. The number of benzene rings is 1. The highest BCUT2D eigenvalue weighted by Crippen LogP contribution is 2.38. The highest BCUT2D eigenvalue weighted by molar-refractivity contribution is 5.71. The van der Waals surface area contributed by atoms with Crippen LogP contribution in [-0.4, -0.2) is 11.1 Å². The Hall–Kier alpha value is -1.73. The summed E-state index contributed by atoms with van der Waals surface area (Å²) >= 11 is 0. The van der Waals surface area contributed by atoms with Crippen LogP contribution >= 0.6 is 0 Å². The maximum atomic E-state index is 12.6. The van der Waals surface area contributed by atoms with Crippen LogP contribution in [0.15, 0.2) is 12.1 Å². The van der Waals surface area contributed by atoms with Gasteiger partial charge in [0.2, 0.25) is 0 Å². The average molecular weight is 286 g/mol. The van der Waals surface area contributed by atoms with Gasteiger partial charge in [-0.25, -0.2) is 0 Å². The molecule has 1 rings (SSSR count). The van der Waals surface area contributed by atoms with E-state index in [4.69, 9.17) is 5.11 Å². The Morgan fingerprint density at radius 1 is 1.11 bits per heavy atom. The molecule has 0 fully saturated rings. The first-order chi connectivity index (χ1) is 8.43. The van der Waals surface area contributed by atoms with E-state index in [1.54, 1.807) is 0 Å². The maximum absolute atomic E-state index is 12.6. The number of alkyl halides is 6. The summed E-state index contributed by atoms with van der Waals surface area (Å²) in [5.74, 6) is -1.50. The number of hydrogen-bond acceptors (Lipinski definition) is 1. The Balaban J connectivity index is 3.52. The largest absolute Gasteiger partial charge is 0.481 e. The third kappa shape index (κ3) is 3.62. The molecule has 0 saturated carbocycles. The molecule has 0 atom stereocenters. The minimum Gasteiger partial charge on any atom is -0.481 e. The van der Waals surface area contributed by atoms with Crippen LogP contribution in [0.2, 0.25) is 0 Å². The second-order valence-corrected chi connectivity index (χ2v) is 3.87. The Morgan fingerprint density at radius 2 is 1.63 bits per heavy atom. The molecule has 0 aromatic heterocycles. The van der Waals surface area contributed by atoms with Gasteiger partial charge in [-0.2, -0.15) is 26.3 Å². The van der Waals surface area contributed by atoms with Crippen molar-refractivity contribution in [2.45, 2.75) is 25.7 Å². The first-order valence-corrected chi connectivity index (χ1v) is 4.92. The van der Waals surface area contributed by atoms with Crippen molar-refractivity contribution in [3.8, 4) is 0 Å². The lowest BCUT2D eigenvalue weighted by atomic mass is 9.96. The Morgan fingerprint density at radius 3 is 2.00 bits per heavy atom. The zero-order valence-electron chi connectivity index (χ0n) is 9.49. The monoisotopic (exact) mass is 286 g/mol. The fourth-order valence-corrected chi connectivity index (χ4v) is 1.58. The van der Waals surface area contributed by atoms with Crippen molar-refractivity contribution in [2.24, 2.45) is 0 Å². The lowest BCUT2D eigenvalue weighted by Gasteiger charge is -2.17. The van der Waals surface area contributed by atoms with Crippen molar-refractivity contribution in [1.82, 2.24) is 0 Å². The first-order valence-electron chi connectivity index (χ1n) is 4.92. The summed E-state index contributed by atoms with van der Waals surface area (Å²) in [5.41, 5.74) is -4.00.